The number of carboxylic acid groups (broad SMARTS) is 1. The van der Waals surface area contributed by atoms with Crippen molar-refractivity contribution in [1.82, 2.24) is 4.90 Å². The zero-order valence-electron chi connectivity index (χ0n) is 16.8. The first-order valence-electron chi connectivity index (χ1n) is 9.38. The minimum Gasteiger partial charge on any atom is -0.490 e. The van der Waals surface area contributed by atoms with Crippen LogP contribution in [0.4, 0.5) is 4.79 Å². The van der Waals surface area contributed by atoms with Gasteiger partial charge in [0.25, 0.3) is 11.1 Å². The van der Waals surface area contributed by atoms with E-state index in [1.165, 1.54) is 6.08 Å². The quantitative estimate of drug-likeness (QED) is 0.565. The van der Waals surface area contributed by atoms with Gasteiger partial charge >= 0.3 is 5.97 Å². The number of carbonyl (C=O) groups excluding carboxylic acids is 2. The molecule has 2 aromatic carbocycles. The highest BCUT2D eigenvalue weighted by Gasteiger charge is 2.36. The molecule has 3 rings (SSSR count). The smallest absolute Gasteiger partial charge is 0.323 e. The van der Waals surface area contributed by atoms with Crippen LogP contribution in [0.2, 0.25) is 5.02 Å². The number of aliphatic carboxylic acids is 1. The predicted molar refractivity (Wildman–Crippen MR) is 118 cm³/mol. The van der Waals surface area contributed by atoms with E-state index < -0.39 is 23.7 Å². The Kier molecular flexibility index (Phi) is 7.41. The number of hydrogen-bond acceptors (Lipinski definition) is 7. The largest absolute Gasteiger partial charge is 0.490 e. The topological polar surface area (TPSA) is 117 Å². The molecule has 0 unspecified atom stereocenters. The molecule has 10 heteroatoms. The molecule has 1 N–H and O–H groups in total. The number of nitrogens with zero attached hydrogens (tertiary/aromatic N) is 2. The van der Waals surface area contributed by atoms with E-state index in [4.69, 9.17) is 26.2 Å². The molecule has 0 atom stereocenters. The van der Waals surface area contributed by atoms with E-state index in [1.807, 2.05) is 0 Å². The molecule has 2 aromatic rings. The van der Waals surface area contributed by atoms with E-state index >= 15 is 0 Å². The molecule has 164 valence electrons. The van der Waals surface area contributed by atoms with Gasteiger partial charge < -0.3 is 14.6 Å². The van der Waals surface area contributed by atoms with Gasteiger partial charge in [-0.25, -0.2) is 0 Å². The van der Waals surface area contributed by atoms with Gasteiger partial charge in [0.2, 0.25) is 0 Å². The summed E-state index contributed by atoms with van der Waals surface area (Å²) in [5.74, 6) is -1.37. The second kappa shape index (κ2) is 10.2. The zero-order valence-corrected chi connectivity index (χ0v) is 18.4. The number of nitriles is 1. The molecule has 1 fully saturated rings. The summed E-state index contributed by atoms with van der Waals surface area (Å²) in [6.07, 6.45) is 1.44. The molecular weight excluding hydrogens is 456 g/mol. The van der Waals surface area contributed by atoms with Crippen molar-refractivity contribution in [3.63, 3.8) is 0 Å². The summed E-state index contributed by atoms with van der Waals surface area (Å²) in [7, 11) is 0. The van der Waals surface area contributed by atoms with E-state index in [0.29, 0.717) is 45.7 Å². The Balaban J connectivity index is 1.88. The lowest BCUT2D eigenvalue weighted by molar-refractivity contribution is -0.140. The molecular formula is C22H17ClN2O6S. The van der Waals surface area contributed by atoms with Crippen molar-refractivity contribution in [3.05, 3.63) is 63.0 Å². The summed E-state index contributed by atoms with van der Waals surface area (Å²) in [5.41, 5.74) is 1.64. The van der Waals surface area contributed by atoms with E-state index in [1.54, 1.807) is 43.3 Å². The number of amides is 2. The summed E-state index contributed by atoms with van der Waals surface area (Å²) >= 11 is 7.06. The number of carboxylic acids is 1. The molecule has 0 radical (unpaired) electrons. The van der Waals surface area contributed by atoms with Crippen molar-refractivity contribution in [1.29, 1.82) is 5.26 Å². The molecule has 32 heavy (non-hydrogen) atoms. The van der Waals surface area contributed by atoms with Gasteiger partial charge in [-0.15, -0.1) is 0 Å². The van der Waals surface area contributed by atoms with Crippen LogP contribution in [0.1, 0.15) is 23.6 Å². The monoisotopic (exact) mass is 472 g/mol. The van der Waals surface area contributed by atoms with Crippen LogP contribution in [0.5, 0.6) is 11.5 Å². The Labute approximate surface area is 193 Å². The lowest BCUT2D eigenvalue weighted by Gasteiger charge is -2.15. The summed E-state index contributed by atoms with van der Waals surface area (Å²) in [6, 6.07) is 12.3. The number of carbonyl (C=O) groups is 3. The molecule has 1 saturated heterocycles. The molecule has 1 heterocycles. The number of rotatable bonds is 8. The lowest BCUT2D eigenvalue weighted by Crippen LogP contribution is -2.33. The maximum Gasteiger partial charge on any atom is 0.323 e. The highest BCUT2D eigenvalue weighted by molar-refractivity contribution is 8.18. The van der Waals surface area contributed by atoms with Crippen molar-refractivity contribution < 1.29 is 29.0 Å². The zero-order chi connectivity index (χ0) is 23.3. The maximum atomic E-state index is 12.4. The van der Waals surface area contributed by atoms with Gasteiger partial charge in [0.15, 0.2) is 11.5 Å². The Morgan fingerprint density at radius 1 is 1.28 bits per heavy atom. The molecule has 1 aliphatic rings. The SMILES string of the molecule is CCOc1cc(/C=C2/SC(=O)N(CC(=O)O)C2=O)cc(Cl)c1OCc1ccccc1C#N. The maximum absolute atomic E-state index is 12.4. The third kappa shape index (κ3) is 5.22. The van der Waals surface area contributed by atoms with Gasteiger partial charge in [0.05, 0.1) is 28.2 Å². The van der Waals surface area contributed by atoms with Crippen molar-refractivity contribution in [2.45, 2.75) is 13.5 Å². The standard InChI is InChI=1S/C22H17ClN2O6S/c1-2-30-17-8-13(9-18-21(28)25(11-19(26)27)22(29)32-18)7-16(23)20(17)31-12-15-6-4-3-5-14(15)10-24/h3-9H,2,11-12H2,1H3,(H,26,27)/b18-9+. The molecule has 2 amide bonds. The van der Waals surface area contributed by atoms with Crippen molar-refractivity contribution in [2.75, 3.05) is 13.2 Å². The van der Waals surface area contributed by atoms with E-state index in [-0.39, 0.29) is 22.3 Å². The van der Waals surface area contributed by atoms with Crippen molar-refractivity contribution in [3.8, 4) is 17.6 Å². The van der Waals surface area contributed by atoms with Crippen molar-refractivity contribution in [2.24, 2.45) is 0 Å². The van der Waals surface area contributed by atoms with Gasteiger partial charge in [-0.1, -0.05) is 29.8 Å². The predicted octanol–water partition coefficient (Wildman–Crippen LogP) is 4.31. The fraction of sp³-hybridized carbons (Fsp3) is 0.182. The number of benzene rings is 2. The molecule has 0 aliphatic carbocycles. The normalized spacial score (nSPS) is 14.5. The van der Waals surface area contributed by atoms with E-state index in [2.05, 4.69) is 6.07 Å². The first-order chi connectivity index (χ1) is 15.3. The van der Waals surface area contributed by atoms with Crippen molar-refractivity contribution >= 4 is 46.6 Å². The number of imide groups is 1. The summed E-state index contributed by atoms with van der Waals surface area (Å²) in [6.45, 7) is 1.49. The van der Waals surface area contributed by atoms with Crippen LogP contribution in [0.25, 0.3) is 6.08 Å². The lowest BCUT2D eigenvalue weighted by atomic mass is 10.1. The Morgan fingerprint density at radius 2 is 2.03 bits per heavy atom. The Bertz CT molecular complexity index is 1160. The molecule has 0 bridgehead atoms. The molecule has 8 nitrogen and oxygen atoms in total. The molecule has 1 aliphatic heterocycles. The van der Waals surface area contributed by atoms with Crippen LogP contribution in [-0.2, 0) is 16.2 Å². The second-order valence-electron chi connectivity index (χ2n) is 6.48. The molecule has 0 spiro atoms. The van der Waals surface area contributed by atoms with Crippen LogP contribution in [0, 0.1) is 11.3 Å². The van der Waals surface area contributed by atoms with Crippen LogP contribution in [0.15, 0.2) is 41.3 Å². The first kappa shape index (κ1) is 23.2. The highest BCUT2D eigenvalue weighted by atomic mass is 35.5. The minimum atomic E-state index is -1.28. The van der Waals surface area contributed by atoms with Gasteiger partial charge in [0.1, 0.15) is 13.2 Å². The number of hydrogen-bond donors (Lipinski definition) is 1. The fourth-order valence-corrected chi connectivity index (χ4v) is 4.01. The molecule has 0 aromatic heterocycles. The summed E-state index contributed by atoms with van der Waals surface area (Å²) in [4.78, 5) is 35.9. The minimum absolute atomic E-state index is 0.0754. The summed E-state index contributed by atoms with van der Waals surface area (Å²) < 4.78 is 11.5. The van der Waals surface area contributed by atoms with Crippen LogP contribution >= 0.6 is 23.4 Å². The third-order valence-corrected chi connectivity index (χ3v) is 5.49. The van der Waals surface area contributed by atoms with Crippen LogP contribution in [0.3, 0.4) is 0 Å². The molecule has 0 saturated carbocycles. The van der Waals surface area contributed by atoms with Crippen LogP contribution < -0.4 is 9.47 Å². The Hall–Kier alpha value is -3.48. The number of halogens is 1. The first-order valence-corrected chi connectivity index (χ1v) is 10.6. The van der Waals surface area contributed by atoms with Crippen LogP contribution in [-0.4, -0.2) is 40.3 Å². The van der Waals surface area contributed by atoms with E-state index in [0.717, 1.165) is 0 Å². The number of thioether (sulfide) groups is 1. The number of ether oxygens (including phenoxy) is 2. The van der Waals surface area contributed by atoms with Gasteiger partial charge in [-0.3, -0.25) is 19.3 Å². The van der Waals surface area contributed by atoms with E-state index in [9.17, 15) is 19.6 Å². The van der Waals surface area contributed by atoms with Gasteiger partial charge in [-0.05, 0) is 48.5 Å². The summed E-state index contributed by atoms with van der Waals surface area (Å²) in [5, 5.41) is 17.7. The highest BCUT2D eigenvalue weighted by Crippen LogP contribution is 2.39. The van der Waals surface area contributed by atoms with Gasteiger partial charge in [0, 0.05) is 5.56 Å². The second-order valence-corrected chi connectivity index (χ2v) is 7.88. The average molecular weight is 473 g/mol. The Morgan fingerprint density at radius 3 is 2.72 bits per heavy atom. The third-order valence-electron chi connectivity index (χ3n) is 4.31. The fourth-order valence-electron chi connectivity index (χ4n) is 2.90. The van der Waals surface area contributed by atoms with Gasteiger partial charge in [-0.2, -0.15) is 5.26 Å². The average Bonchev–Trinajstić information content (AvgIpc) is 3.00.